The second kappa shape index (κ2) is 6.72. The highest BCUT2D eigenvalue weighted by Crippen LogP contribution is 2.22. The highest BCUT2D eigenvalue weighted by Gasteiger charge is 2.22. The van der Waals surface area contributed by atoms with Gasteiger partial charge in [-0.3, -0.25) is 9.78 Å². The van der Waals surface area contributed by atoms with Gasteiger partial charge in [0.2, 0.25) is 0 Å². The Kier molecular flexibility index (Phi) is 4.72. The standard InChI is InChI=1S/C14H15N3O2/c18-14(13-10-15-8-9-16-13)12(6-7-17-19)11-4-2-1-3-5-11/h1-5,8-10,12,17,19H,6-7H2/t12-/m0/s1. The van der Waals surface area contributed by atoms with E-state index in [1.165, 1.54) is 18.6 Å². The quantitative estimate of drug-likeness (QED) is 0.609. The van der Waals surface area contributed by atoms with Gasteiger partial charge in [0.15, 0.2) is 5.78 Å². The molecule has 2 N–H and O–H groups in total. The summed E-state index contributed by atoms with van der Waals surface area (Å²) < 4.78 is 0. The van der Waals surface area contributed by atoms with Crippen LogP contribution in [0.3, 0.4) is 0 Å². The third-order valence-corrected chi connectivity index (χ3v) is 2.88. The molecule has 0 radical (unpaired) electrons. The average molecular weight is 257 g/mol. The van der Waals surface area contributed by atoms with E-state index in [4.69, 9.17) is 5.21 Å². The van der Waals surface area contributed by atoms with Crippen LogP contribution < -0.4 is 5.48 Å². The lowest BCUT2D eigenvalue weighted by atomic mass is 9.90. The monoisotopic (exact) mass is 257 g/mol. The van der Waals surface area contributed by atoms with Gasteiger partial charge in [0.1, 0.15) is 5.69 Å². The molecule has 0 spiro atoms. The van der Waals surface area contributed by atoms with E-state index in [1.54, 1.807) is 0 Å². The number of ketones is 1. The van der Waals surface area contributed by atoms with Gasteiger partial charge >= 0.3 is 0 Å². The van der Waals surface area contributed by atoms with Crippen molar-refractivity contribution >= 4 is 5.78 Å². The van der Waals surface area contributed by atoms with E-state index in [9.17, 15) is 4.79 Å². The highest BCUT2D eigenvalue weighted by atomic mass is 16.5. The van der Waals surface area contributed by atoms with Crippen LogP contribution in [0.2, 0.25) is 0 Å². The molecule has 0 saturated heterocycles. The zero-order chi connectivity index (χ0) is 13.5. The van der Waals surface area contributed by atoms with Crippen molar-refractivity contribution in [3.63, 3.8) is 0 Å². The number of carbonyl (C=O) groups excluding carboxylic acids is 1. The highest BCUT2D eigenvalue weighted by molar-refractivity contribution is 5.99. The summed E-state index contributed by atoms with van der Waals surface area (Å²) in [6.07, 6.45) is 4.99. The van der Waals surface area contributed by atoms with Crippen molar-refractivity contribution in [1.29, 1.82) is 0 Å². The van der Waals surface area contributed by atoms with Crippen molar-refractivity contribution < 1.29 is 10.0 Å². The molecule has 19 heavy (non-hydrogen) atoms. The minimum Gasteiger partial charge on any atom is -0.317 e. The first-order valence-corrected chi connectivity index (χ1v) is 6.05. The maximum Gasteiger partial charge on any atom is 0.190 e. The van der Waals surface area contributed by atoms with Gasteiger partial charge in [-0.05, 0) is 12.0 Å². The summed E-state index contributed by atoms with van der Waals surface area (Å²) in [6.45, 7) is 0.339. The summed E-state index contributed by atoms with van der Waals surface area (Å²) in [5, 5.41) is 8.73. The number of nitrogens with zero attached hydrogens (tertiary/aromatic N) is 2. The Morgan fingerprint density at radius 3 is 2.68 bits per heavy atom. The van der Waals surface area contributed by atoms with Crippen LogP contribution in [0, 0.1) is 0 Å². The molecular formula is C14H15N3O2. The predicted molar refractivity (Wildman–Crippen MR) is 70.0 cm³/mol. The van der Waals surface area contributed by atoms with E-state index in [1.807, 2.05) is 30.3 Å². The molecule has 0 aliphatic heterocycles. The molecule has 0 unspecified atom stereocenters. The van der Waals surface area contributed by atoms with Crippen molar-refractivity contribution in [2.75, 3.05) is 6.54 Å². The zero-order valence-corrected chi connectivity index (χ0v) is 10.4. The lowest BCUT2D eigenvalue weighted by molar-refractivity contribution is 0.0938. The molecule has 0 aliphatic rings. The number of benzene rings is 1. The molecule has 1 aromatic heterocycles. The van der Waals surface area contributed by atoms with E-state index in [0.717, 1.165) is 5.56 Å². The molecule has 0 saturated carbocycles. The van der Waals surface area contributed by atoms with Crippen LogP contribution in [0.5, 0.6) is 0 Å². The molecule has 5 nitrogen and oxygen atoms in total. The van der Waals surface area contributed by atoms with Gasteiger partial charge in [-0.1, -0.05) is 30.3 Å². The van der Waals surface area contributed by atoms with Crippen molar-refractivity contribution in [2.24, 2.45) is 0 Å². The Balaban J connectivity index is 2.25. The van der Waals surface area contributed by atoms with Crippen LogP contribution in [0.15, 0.2) is 48.9 Å². The number of hydroxylamine groups is 1. The molecule has 0 fully saturated rings. The van der Waals surface area contributed by atoms with Gasteiger partial charge in [-0.15, -0.1) is 0 Å². The topological polar surface area (TPSA) is 75.1 Å². The van der Waals surface area contributed by atoms with Gasteiger partial charge in [0.05, 0.1) is 12.1 Å². The normalized spacial score (nSPS) is 12.1. The Morgan fingerprint density at radius 2 is 2.05 bits per heavy atom. The fourth-order valence-electron chi connectivity index (χ4n) is 1.95. The number of nitrogens with one attached hydrogen (secondary N) is 1. The van der Waals surface area contributed by atoms with Crippen LogP contribution >= 0.6 is 0 Å². The molecular weight excluding hydrogens is 242 g/mol. The molecule has 2 aromatic rings. The van der Waals surface area contributed by atoms with Gasteiger partial charge in [-0.25, -0.2) is 10.5 Å². The summed E-state index contributed by atoms with van der Waals surface area (Å²) >= 11 is 0. The summed E-state index contributed by atoms with van der Waals surface area (Å²) in [5.41, 5.74) is 3.34. The molecule has 0 amide bonds. The molecule has 1 heterocycles. The van der Waals surface area contributed by atoms with Crippen LogP contribution in [0.4, 0.5) is 0 Å². The number of carbonyl (C=O) groups is 1. The fraction of sp³-hybridized carbons (Fsp3) is 0.214. The number of Topliss-reactive ketones (excluding diaryl/α,β-unsaturated/α-hetero) is 1. The first-order chi connectivity index (χ1) is 9.33. The summed E-state index contributed by atoms with van der Waals surface area (Å²) in [4.78, 5) is 20.4. The van der Waals surface area contributed by atoms with E-state index in [2.05, 4.69) is 15.4 Å². The minimum absolute atomic E-state index is 0.0884. The van der Waals surface area contributed by atoms with Gasteiger partial charge in [0.25, 0.3) is 0 Å². The SMILES string of the molecule is O=C(c1cnccn1)[C@@H](CCNO)c1ccccc1. The predicted octanol–water partition coefficient (Wildman–Crippen LogP) is 1.81. The van der Waals surface area contributed by atoms with Crippen molar-refractivity contribution in [1.82, 2.24) is 15.4 Å². The van der Waals surface area contributed by atoms with Crippen molar-refractivity contribution in [2.45, 2.75) is 12.3 Å². The molecule has 0 bridgehead atoms. The lowest BCUT2D eigenvalue weighted by Gasteiger charge is -2.15. The van der Waals surface area contributed by atoms with Gasteiger partial charge in [-0.2, -0.15) is 0 Å². The number of hydrogen-bond acceptors (Lipinski definition) is 5. The van der Waals surface area contributed by atoms with Crippen molar-refractivity contribution in [3.05, 3.63) is 60.2 Å². The molecule has 1 aromatic carbocycles. The fourth-order valence-corrected chi connectivity index (χ4v) is 1.95. The van der Waals surface area contributed by atoms with Crippen LogP contribution in [-0.2, 0) is 0 Å². The van der Waals surface area contributed by atoms with E-state index >= 15 is 0 Å². The first-order valence-electron chi connectivity index (χ1n) is 6.05. The third-order valence-electron chi connectivity index (χ3n) is 2.88. The second-order valence-electron chi connectivity index (χ2n) is 4.11. The average Bonchev–Trinajstić information content (AvgIpc) is 2.49. The van der Waals surface area contributed by atoms with Gasteiger partial charge < -0.3 is 5.21 Å². The maximum atomic E-state index is 12.4. The Labute approximate surface area is 111 Å². The first kappa shape index (κ1) is 13.3. The van der Waals surface area contributed by atoms with E-state index < -0.39 is 0 Å². The number of hydrogen-bond donors (Lipinski definition) is 2. The smallest absolute Gasteiger partial charge is 0.190 e. The second-order valence-corrected chi connectivity index (χ2v) is 4.11. The Bertz CT molecular complexity index is 517. The molecule has 0 aliphatic carbocycles. The summed E-state index contributed by atoms with van der Waals surface area (Å²) in [6, 6.07) is 9.47. The summed E-state index contributed by atoms with van der Waals surface area (Å²) in [7, 11) is 0. The van der Waals surface area contributed by atoms with Crippen LogP contribution in [-0.4, -0.2) is 27.5 Å². The Hall–Kier alpha value is -2.11. The lowest BCUT2D eigenvalue weighted by Crippen LogP contribution is -2.20. The largest absolute Gasteiger partial charge is 0.317 e. The molecule has 1 atom stereocenters. The molecule has 2 rings (SSSR count). The maximum absolute atomic E-state index is 12.4. The Morgan fingerprint density at radius 1 is 1.26 bits per heavy atom. The molecule has 98 valence electrons. The van der Waals surface area contributed by atoms with E-state index in [-0.39, 0.29) is 11.7 Å². The van der Waals surface area contributed by atoms with Crippen LogP contribution in [0.1, 0.15) is 28.4 Å². The zero-order valence-electron chi connectivity index (χ0n) is 10.4. The van der Waals surface area contributed by atoms with Crippen molar-refractivity contribution in [3.8, 4) is 0 Å². The molecule has 5 heteroatoms. The summed E-state index contributed by atoms with van der Waals surface area (Å²) in [5.74, 6) is -0.424. The number of aromatic nitrogens is 2. The van der Waals surface area contributed by atoms with Crippen LogP contribution in [0.25, 0.3) is 0 Å². The van der Waals surface area contributed by atoms with E-state index in [0.29, 0.717) is 18.7 Å². The number of rotatable bonds is 6. The van der Waals surface area contributed by atoms with Gasteiger partial charge in [0, 0.05) is 18.9 Å². The minimum atomic E-state index is -0.336. The third kappa shape index (κ3) is 3.43.